The van der Waals surface area contributed by atoms with Gasteiger partial charge in [0.25, 0.3) is 0 Å². The van der Waals surface area contributed by atoms with Crippen LogP contribution in [0.5, 0.6) is 5.75 Å². The molecule has 3 heteroatoms. The van der Waals surface area contributed by atoms with Gasteiger partial charge in [-0.25, -0.2) is 0 Å². The lowest BCUT2D eigenvalue weighted by molar-refractivity contribution is 0.407. The summed E-state index contributed by atoms with van der Waals surface area (Å²) in [5, 5.41) is 0.708. The Morgan fingerprint density at radius 3 is 2.36 bits per heavy atom. The molecule has 1 aromatic rings. The van der Waals surface area contributed by atoms with E-state index in [1.807, 2.05) is 26.8 Å². The molecule has 2 nitrogen and oxygen atoms in total. The Morgan fingerprint density at radius 1 is 1.36 bits per heavy atom. The number of hydrogen-bond donors (Lipinski definition) is 1. The van der Waals surface area contributed by atoms with Gasteiger partial charge in [-0.2, -0.15) is 0 Å². The second-order valence-electron chi connectivity index (χ2n) is 3.52. The van der Waals surface area contributed by atoms with Gasteiger partial charge in [0, 0.05) is 16.6 Å². The maximum absolute atomic E-state index is 6.08. The zero-order chi connectivity index (χ0) is 10.9. The highest BCUT2D eigenvalue weighted by molar-refractivity contribution is 6.31. The second kappa shape index (κ2) is 4.20. The van der Waals surface area contributed by atoms with Crippen LogP contribution in [0.4, 0.5) is 0 Å². The average molecular weight is 214 g/mol. The van der Waals surface area contributed by atoms with Crippen molar-refractivity contribution >= 4 is 11.6 Å². The summed E-state index contributed by atoms with van der Waals surface area (Å²) in [6.45, 7) is 5.88. The summed E-state index contributed by atoms with van der Waals surface area (Å²) in [4.78, 5) is 0. The molecular weight excluding hydrogens is 198 g/mol. The summed E-state index contributed by atoms with van der Waals surface area (Å²) in [5.74, 6) is 0.838. The van der Waals surface area contributed by atoms with Gasteiger partial charge in [0.15, 0.2) is 0 Å². The first kappa shape index (κ1) is 11.3. The Kier molecular flexibility index (Phi) is 3.40. The third-order valence-corrected chi connectivity index (χ3v) is 2.84. The summed E-state index contributed by atoms with van der Waals surface area (Å²) in [6.07, 6.45) is 0. The van der Waals surface area contributed by atoms with E-state index in [1.54, 1.807) is 7.11 Å². The van der Waals surface area contributed by atoms with Crippen LogP contribution in [0.2, 0.25) is 5.02 Å². The lowest BCUT2D eigenvalue weighted by Crippen LogP contribution is -2.08. The first-order chi connectivity index (χ1) is 6.49. The van der Waals surface area contributed by atoms with E-state index in [9.17, 15) is 0 Å². The van der Waals surface area contributed by atoms with Crippen molar-refractivity contribution in [2.75, 3.05) is 7.11 Å². The largest absolute Gasteiger partial charge is 0.496 e. The molecular formula is C11H16ClNO. The van der Waals surface area contributed by atoms with Crippen molar-refractivity contribution in [2.45, 2.75) is 26.8 Å². The van der Waals surface area contributed by atoms with Crippen LogP contribution >= 0.6 is 11.6 Å². The lowest BCUT2D eigenvalue weighted by Gasteiger charge is -2.16. The van der Waals surface area contributed by atoms with Gasteiger partial charge < -0.3 is 10.5 Å². The zero-order valence-corrected chi connectivity index (χ0v) is 9.77. The van der Waals surface area contributed by atoms with Crippen molar-refractivity contribution in [3.8, 4) is 5.75 Å². The van der Waals surface area contributed by atoms with Crippen molar-refractivity contribution in [2.24, 2.45) is 5.73 Å². The molecule has 78 valence electrons. The van der Waals surface area contributed by atoms with Crippen molar-refractivity contribution in [3.63, 3.8) is 0 Å². The van der Waals surface area contributed by atoms with Gasteiger partial charge in [0.1, 0.15) is 5.75 Å². The fourth-order valence-electron chi connectivity index (χ4n) is 1.65. The Labute approximate surface area is 90.0 Å². The van der Waals surface area contributed by atoms with Gasteiger partial charge in [-0.1, -0.05) is 11.6 Å². The molecule has 0 bridgehead atoms. The van der Waals surface area contributed by atoms with Gasteiger partial charge in [-0.3, -0.25) is 0 Å². The zero-order valence-electron chi connectivity index (χ0n) is 9.02. The van der Waals surface area contributed by atoms with E-state index >= 15 is 0 Å². The maximum Gasteiger partial charge on any atom is 0.126 e. The van der Waals surface area contributed by atoms with Crippen molar-refractivity contribution in [1.82, 2.24) is 0 Å². The number of hydrogen-bond acceptors (Lipinski definition) is 2. The van der Waals surface area contributed by atoms with Crippen LogP contribution in [0, 0.1) is 13.8 Å². The van der Waals surface area contributed by atoms with Gasteiger partial charge in [-0.15, -0.1) is 0 Å². The quantitative estimate of drug-likeness (QED) is 0.820. The molecule has 0 aromatic heterocycles. The number of rotatable bonds is 2. The Balaban J connectivity index is 3.42. The van der Waals surface area contributed by atoms with Gasteiger partial charge in [0.05, 0.1) is 7.11 Å². The van der Waals surface area contributed by atoms with Crippen LogP contribution in [0.25, 0.3) is 0 Å². The summed E-state index contributed by atoms with van der Waals surface area (Å²) < 4.78 is 5.31. The summed E-state index contributed by atoms with van der Waals surface area (Å²) >= 11 is 6.08. The second-order valence-corrected chi connectivity index (χ2v) is 3.93. The fourth-order valence-corrected chi connectivity index (χ4v) is 1.86. The van der Waals surface area contributed by atoms with Crippen LogP contribution in [0.15, 0.2) is 6.07 Å². The molecule has 0 aliphatic rings. The molecule has 1 aromatic carbocycles. The van der Waals surface area contributed by atoms with Gasteiger partial charge in [-0.05, 0) is 38.0 Å². The summed E-state index contributed by atoms with van der Waals surface area (Å²) in [6, 6.07) is 1.89. The van der Waals surface area contributed by atoms with Crippen molar-refractivity contribution in [3.05, 3.63) is 27.8 Å². The molecule has 0 aliphatic carbocycles. The normalized spacial score (nSPS) is 12.7. The maximum atomic E-state index is 6.08. The number of nitrogens with two attached hydrogens (primary N) is 1. The summed E-state index contributed by atoms with van der Waals surface area (Å²) in [5.41, 5.74) is 8.92. The van der Waals surface area contributed by atoms with Gasteiger partial charge >= 0.3 is 0 Å². The Bertz CT molecular complexity index is 348. The average Bonchev–Trinajstić information content (AvgIpc) is 2.12. The van der Waals surface area contributed by atoms with Crippen LogP contribution in [-0.2, 0) is 0 Å². The van der Waals surface area contributed by atoms with E-state index in [0.29, 0.717) is 5.02 Å². The highest BCUT2D eigenvalue weighted by atomic mass is 35.5. The van der Waals surface area contributed by atoms with E-state index in [1.165, 1.54) is 0 Å². The molecule has 0 amide bonds. The molecule has 1 unspecified atom stereocenters. The molecule has 1 atom stereocenters. The number of benzene rings is 1. The van der Waals surface area contributed by atoms with E-state index in [4.69, 9.17) is 22.1 Å². The van der Waals surface area contributed by atoms with Crippen molar-refractivity contribution in [1.29, 1.82) is 0 Å². The molecule has 0 saturated heterocycles. The molecule has 0 fully saturated rings. The van der Waals surface area contributed by atoms with E-state index in [2.05, 4.69) is 0 Å². The molecule has 0 aliphatic heterocycles. The molecule has 0 spiro atoms. The Morgan fingerprint density at radius 2 is 1.93 bits per heavy atom. The third-order valence-electron chi connectivity index (χ3n) is 2.45. The van der Waals surface area contributed by atoms with Crippen LogP contribution in [-0.4, -0.2) is 7.11 Å². The van der Waals surface area contributed by atoms with E-state index in [-0.39, 0.29) is 6.04 Å². The highest BCUT2D eigenvalue weighted by Gasteiger charge is 2.13. The Hall–Kier alpha value is -0.730. The SMILES string of the molecule is COc1c(C)c(Cl)cc(C(C)N)c1C. The first-order valence-electron chi connectivity index (χ1n) is 4.58. The van der Waals surface area contributed by atoms with Crippen LogP contribution in [0.1, 0.15) is 29.7 Å². The number of halogens is 1. The molecule has 0 saturated carbocycles. The fraction of sp³-hybridized carbons (Fsp3) is 0.455. The smallest absolute Gasteiger partial charge is 0.126 e. The molecule has 0 radical (unpaired) electrons. The first-order valence-corrected chi connectivity index (χ1v) is 4.96. The lowest BCUT2D eigenvalue weighted by atomic mass is 9.99. The monoisotopic (exact) mass is 213 g/mol. The predicted molar refractivity (Wildman–Crippen MR) is 60.1 cm³/mol. The predicted octanol–water partition coefficient (Wildman–Crippen LogP) is 2.99. The van der Waals surface area contributed by atoms with Crippen LogP contribution < -0.4 is 10.5 Å². The molecule has 1 rings (SSSR count). The van der Waals surface area contributed by atoms with Gasteiger partial charge in [0.2, 0.25) is 0 Å². The third kappa shape index (κ3) is 1.86. The van der Waals surface area contributed by atoms with E-state index in [0.717, 1.165) is 22.4 Å². The molecule has 0 heterocycles. The minimum atomic E-state index is -0.0259. The topological polar surface area (TPSA) is 35.2 Å². The molecule has 2 N–H and O–H groups in total. The van der Waals surface area contributed by atoms with Crippen LogP contribution in [0.3, 0.4) is 0 Å². The van der Waals surface area contributed by atoms with E-state index < -0.39 is 0 Å². The molecule has 14 heavy (non-hydrogen) atoms. The number of ether oxygens (including phenoxy) is 1. The minimum Gasteiger partial charge on any atom is -0.496 e. The van der Waals surface area contributed by atoms with Crippen molar-refractivity contribution < 1.29 is 4.74 Å². The highest BCUT2D eigenvalue weighted by Crippen LogP contribution is 2.34. The summed E-state index contributed by atoms with van der Waals surface area (Å²) in [7, 11) is 1.65. The minimum absolute atomic E-state index is 0.0259. The standard InChI is InChI=1S/C11H16ClNO/c1-6-9(8(3)13)5-10(12)7(2)11(6)14-4/h5,8H,13H2,1-4H3. The number of methoxy groups -OCH3 is 1.